The number of hydrogen-bond acceptors (Lipinski definition) is 2. The van der Waals surface area contributed by atoms with Gasteiger partial charge in [0.1, 0.15) is 5.15 Å². The minimum Gasteiger partial charge on any atom is -0.310 e. The maximum atomic E-state index is 6.11. The lowest BCUT2D eigenvalue weighted by molar-refractivity contribution is 0.412. The van der Waals surface area contributed by atoms with Crippen molar-refractivity contribution >= 4 is 34.8 Å². The molecule has 2 nitrogen and oxygen atoms in total. The van der Waals surface area contributed by atoms with Crippen LogP contribution in [0.3, 0.4) is 0 Å². The Hall–Kier alpha value is -0.0200. The Labute approximate surface area is 104 Å². The molecule has 0 radical (unpaired) electrons. The minimum atomic E-state index is 0.208. The molecule has 1 fully saturated rings. The largest absolute Gasteiger partial charge is 0.310 e. The van der Waals surface area contributed by atoms with Gasteiger partial charge in [0.15, 0.2) is 0 Å². The van der Waals surface area contributed by atoms with Crippen molar-refractivity contribution in [2.24, 2.45) is 0 Å². The lowest BCUT2D eigenvalue weighted by atomic mass is 9.98. The summed E-state index contributed by atoms with van der Waals surface area (Å²) < 4.78 is 0. The van der Waals surface area contributed by atoms with Crippen LogP contribution < -0.4 is 5.32 Å². The number of rotatable bonds is 1. The van der Waals surface area contributed by atoms with Crippen molar-refractivity contribution in [1.29, 1.82) is 0 Å². The smallest absolute Gasteiger partial charge is 0.148 e. The first kappa shape index (κ1) is 11.5. The van der Waals surface area contributed by atoms with Crippen LogP contribution in [0.15, 0.2) is 6.20 Å². The summed E-state index contributed by atoms with van der Waals surface area (Å²) in [5.74, 6) is 0. The SMILES string of the molecule is Clc1cnc(Cl)c(Cl)c1[C@H]1CCCCN1. The van der Waals surface area contributed by atoms with Gasteiger partial charge < -0.3 is 5.32 Å². The van der Waals surface area contributed by atoms with E-state index < -0.39 is 0 Å². The maximum absolute atomic E-state index is 6.11. The first-order valence-electron chi connectivity index (χ1n) is 4.93. The number of nitrogens with one attached hydrogen (secondary N) is 1. The van der Waals surface area contributed by atoms with E-state index in [2.05, 4.69) is 10.3 Å². The fraction of sp³-hybridized carbons (Fsp3) is 0.500. The van der Waals surface area contributed by atoms with Gasteiger partial charge in [-0.25, -0.2) is 4.98 Å². The molecular formula is C10H11Cl3N2. The van der Waals surface area contributed by atoms with Crippen molar-refractivity contribution in [3.8, 4) is 0 Å². The van der Waals surface area contributed by atoms with Gasteiger partial charge in [0.05, 0.1) is 10.0 Å². The summed E-state index contributed by atoms with van der Waals surface area (Å²) in [5.41, 5.74) is 0.887. The van der Waals surface area contributed by atoms with Gasteiger partial charge in [-0.15, -0.1) is 0 Å². The number of nitrogens with zero attached hydrogens (tertiary/aromatic N) is 1. The Balaban J connectivity index is 2.36. The van der Waals surface area contributed by atoms with E-state index >= 15 is 0 Å². The first-order valence-corrected chi connectivity index (χ1v) is 6.06. The van der Waals surface area contributed by atoms with Gasteiger partial charge in [0, 0.05) is 17.8 Å². The molecule has 1 aromatic rings. The number of hydrogen-bond donors (Lipinski definition) is 1. The second-order valence-electron chi connectivity index (χ2n) is 3.63. The highest BCUT2D eigenvalue weighted by Gasteiger charge is 2.22. The van der Waals surface area contributed by atoms with Crippen molar-refractivity contribution in [3.63, 3.8) is 0 Å². The molecule has 0 aliphatic carbocycles. The highest BCUT2D eigenvalue weighted by molar-refractivity contribution is 6.43. The molecule has 1 aromatic heterocycles. The average molecular weight is 266 g/mol. The molecule has 2 heterocycles. The summed E-state index contributed by atoms with van der Waals surface area (Å²) in [6, 6.07) is 0.208. The summed E-state index contributed by atoms with van der Waals surface area (Å²) in [6.07, 6.45) is 4.98. The number of pyridine rings is 1. The van der Waals surface area contributed by atoms with E-state index in [1.165, 1.54) is 12.8 Å². The molecule has 82 valence electrons. The second-order valence-corrected chi connectivity index (χ2v) is 4.77. The molecule has 1 saturated heterocycles. The zero-order chi connectivity index (χ0) is 10.8. The van der Waals surface area contributed by atoms with Crippen molar-refractivity contribution in [3.05, 3.63) is 27.0 Å². The van der Waals surface area contributed by atoms with E-state index in [0.717, 1.165) is 18.5 Å². The summed E-state index contributed by atoms with van der Waals surface area (Å²) >= 11 is 18.1. The molecule has 0 unspecified atom stereocenters. The van der Waals surface area contributed by atoms with Gasteiger partial charge in [-0.2, -0.15) is 0 Å². The van der Waals surface area contributed by atoms with Crippen LogP contribution in [-0.2, 0) is 0 Å². The molecule has 2 rings (SSSR count). The lowest BCUT2D eigenvalue weighted by Crippen LogP contribution is -2.27. The molecular weight excluding hydrogens is 254 g/mol. The third-order valence-electron chi connectivity index (χ3n) is 2.62. The van der Waals surface area contributed by atoms with Gasteiger partial charge in [-0.05, 0) is 19.4 Å². The summed E-state index contributed by atoms with van der Waals surface area (Å²) in [5, 5.41) is 4.77. The van der Waals surface area contributed by atoms with E-state index in [4.69, 9.17) is 34.8 Å². The molecule has 0 amide bonds. The molecule has 15 heavy (non-hydrogen) atoms. The highest BCUT2D eigenvalue weighted by atomic mass is 35.5. The normalized spacial score (nSPS) is 21.7. The zero-order valence-electron chi connectivity index (χ0n) is 8.06. The molecule has 1 atom stereocenters. The van der Waals surface area contributed by atoms with E-state index in [0.29, 0.717) is 15.2 Å². The van der Waals surface area contributed by atoms with Gasteiger partial charge in [-0.3, -0.25) is 0 Å². The standard InChI is InChI=1S/C10H11Cl3N2/c11-6-5-15-10(13)9(12)8(6)7-3-1-2-4-14-7/h5,7,14H,1-4H2/t7-/m1/s1. The van der Waals surface area contributed by atoms with Crippen molar-refractivity contribution in [2.45, 2.75) is 25.3 Å². The van der Waals surface area contributed by atoms with Crippen LogP contribution in [0, 0.1) is 0 Å². The van der Waals surface area contributed by atoms with Crippen LogP contribution >= 0.6 is 34.8 Å². The number of piperidine rings is 1. The van der Waals surface area contributed by atoms with Crippen LogP contribution in [0.25, 0.3) is 0 Å². The third-order valence-corrected chi connectivity index (χ3v) is 3.69. The van der Waals surface area contributed by atoms with E-state index in [1.54, 1.807) is 6.20 Å². The summed E-state index contributed by atoms with van der Waals surface area (Å²) in [4.78, 5) is 3.91. The summed E-state index contributed by atoms with van der Waals surface area (Å²) in [7, 11) is 0. The summed E-state index contributed by atoms with van der Waals surface area (Å²) in [6.45, 7) is 0.997. The predicted molar refractivity (Wildman–Crippen MR) is 63.9 cm³/mol. The fourth-order valence-corrected chi connectivity index (χ4v) is 2.63. The van der Waals surface area contributed by atoms with Crippen LogP contribution in [0.1, 0.15) is 30.9 Å². The van der Waals surface area contributed by atoms with Crippen molar-refractivity contribution in [2.75, 3.05) is 6.54 Å². The van der Waals surface area contributed by atoms with E-state index in [-0.39, 0.29) is 6.04 Å². The van der Waals surface area contributed by atoms with Gasteiger partial charge in [0.2, 0.25) is 0 Å². The molecule has 1 aliphatic heterocycles. The van der Waals surface area contributed by atoms with Crippen LogP contribution in [-0.4, -0.2) is 11.5 Å². The Bertz CT molecular complexity index is 362. The highest BCUT2D eigenvalue weighted by Crippen LogP contribution is 2.36. The topological polar surface area (TPSA) is 24.9 Å². The molecule has 1 aliphatic rings. The lowest BCUT2D eigenvalue weighted by Gasteiger charge is -2.25. The van der Waals surface area contributed by atoms with Gasteiger partial charge >= 0.3 is 0 Å². The van der Waals surface area contributed by atoms with Crippen LogP contribution in [0.2, 0.25) is 15.2 Å². The van der Waals surface area contributed by atoms with Crippen molar-refractivity contribution in [1.82, 2.24) is 10.3 Å². The molecule has 0 saturated carbocycles. The van der Waals surface area contributed by atoms with Crippen LogP contribution in [0.5, 0.6) is 0 Å². The fourth-order valence-electron chi connectivity index (χ4n) is 1.87. The van der Waals surface area contributed by atoms with Gasteiger partial charge in [-0.1, -0.05) is 41.2 Å². The second kappa shape index (κ2) is 4.88. The molecule has 0 aromatic carbocycles. The average Bonchev–Trinajstić information content (AvgIpc) is 2.26. The molecule has 0 bridgehead atoms. The van der Waals surface area contributed by atoms with Gasteiger partial charge in [0.25, 0.3) is 0 Å². The monoisotopic (exact) mass is 264 g/mol. The van der Waals surface area contributed by atoms with Crippen LogP contribution in [0.4, 0.5) is 0 Å². The minimum absolute atomic E-state index is 0.208. The van der Waals surface area contributed by atoms with Crippen molar-refractivity contribution < 1.29 is 0 Å². The number of halogens is 3. The first-order chi connectivity index (χ1) is 7.20. The zero-order valence-corrected chi connectivity index (χ0v) is 10.3. The Morgan fingerprint density at radius 1 is 1.27 bits per heavy atom. The third kappa shape index (κ3) is 2.39. The Kier molecular flexibility index (Phi) is 3.73. The molecule has 0 spiro atoms. The molecule has 5 heteroatoms. The molecule has 1 N–H and O–H groups in total. The Morgan fingerprint density at radius 2 is 2.07 bits per heavy atom. The van der Waals surface area contributed by atoms with E-state index in [1.807, 2.05) is 0 Å². The number of aromatic nitrogens is 1. The maximum Gasteiger partial charge on any atom is 0.148 e. The Morgan fingerprint density at radius 3 is 2.73 bits per heavy atom. The quantitative estimate of drug-likeness (QED) is 0.780. The van der Waals surface area contributed by atoms with E-state index in [9.17, 15) is 0 Å². The predicted octanol–water partition coefficient (Wildman–Crippen LogP) is 3.86.